The van der Waals surface area contributed by atoms with Crippen LogP contribution in [-0.2, 0) is 4.74 Å². The van der Waals surface area contributed by atoms with Gasteiger partial charge in [0.2, 0.25) is 0 Å². The summed E-state index contributed by atoms with van der Waals surface area (Å²) in [6.07, 6.45) is 10.5. The van der Waals surface area contributed by atoms with Crippen LogP contribution in [0.3, 0.4) is 0 Å². The van der Waals surface area contributed by atoms with Gasteiger partial charge in [-0.3, -0.25) is 0 Å². The van der Waals surface area contributed by atoms with Crippen LogP contribution in [0.2, 0.25) is 0 Å². The summed E-state index contributed by atoms with van der Waals surface area (Å²) in [6, 6.07) is 0. The summed E-state index contributed by atoms with van der Waals surface area (Å²) < 4.78 is 5.72. The van der Waals surface area contributed by atoms with Gasteiger partial charge in [-0.15, -0.1) is 0 Å². The SMILES string of the molecule is CC1CC=CCC1COCC(O)CNCC1CCCCS1. The molecule has 2 aliphatic rings. The summed E-state index contributed by atoms with van der Waals surface area (Å²) in [6.45, 7) is 5.19. The van der Waals surface area contributed by atoms with Crippen LogP contribution in [0.1, 0.15) is 39.0 Å². The van der Waals surface area contributed by atoms with Crippen molar-refractivity contribution in [1.29, 1.82) is 0 Å². The molecule has 0 saturated carbocycles. The summed E-state index contributed by atoms with van der Waals surface area (Å²) in [5, 5.41) is 14.1. The predicted molar refractivity (Wildman–Crippen MR) is 90.8 cm³/mol. The van der Waals surface area contributed by atoms with Gasteiger partial charge < -0.3 is 15.2 Å². The van der Waals surface area contributed by atoms with E-state index in [4.69, 9.17) is 4.74 Å². The van der Waals surface area contributed by atoms with E-state index in [-0.39, 0.29) is 6.10 Å². The van der Waals surface area contributed by atoms with Crippen molar-refractivity contribution in [2.75, 3.05) is 32.1 Å². The van der Waals surface area contributed by atoms with E-state index in [1.807, 2.05) is 0 Å². The van der Waals surface area contributed by atoms with Crippen molar-refractivity contribution in [3.05, 3.63) is 12.2 Å². The molecule has 122 valence electrons. The average molecular weight is 314 g/mol. The van der Waals surface area contributed by atoms with Gasteiger partial charge in [-0.05, 0) is 43.3 Å². The van der Waals surface area contributed by atoms with Crippen LogP contribution in [0.4, 0.5) is 0 Å². The van der Waals surface area contributed by atoms with Gasteiger partial charge in [-0.1, -0.05) is 25.5 Å². The van der Waals surface area contributed by atoms with Crippen molar-refractivity contribution in [3.8, 4) is 0 Å². The van der Waals surface area contributed by atoms with Crippen LogP contribution in [0.5, 0.6) is 0 Å². The topological polar surface area (TPSA) is 41.5 Å². The molecule has 0 spiro atoms. The number of thioether (sulfide) groups is 1. The van der Waals surface area contributed by atoms with E-state index in [2.05, 4.69) is 36.2 Å². The molecule has 0 amide bonds. The standard InChI is InChI=1S/C17H31NO2S/c1-14-6-2-3-7-15(14)12-20-13-16(19)10-18-11-17-8-4-5-9-21-17/h2-3,14-19H,4-13H2,1H3. The van der Waals surface area contributed by atoms with Crippen molar-refractivity contribution in [2.45, 2.75) is 50.4 Å². The zero-order valence-corrected chi connectivity index (χ0v) is 14.1. The van der Waals surface area contributed by atoms with E-state index in [1.54, 1.807) is 0 Å². The third kappa shape index (κ3) is 6.72. The second-order valence-electron chi connectivity index (χ2n) is 6.52. The van der Waals surface area contributed by atoms with Gasteiger partial charge in [0.25, 0.3) is 0 Å². The van der Waals surface area contributed by atoms with E-state index < -0.39 is 0 Å². The number of nitrogens with one attached hydrogen (secondary N) is 1. The molecule has 1 saturated heterocycles. The Morgan fingerprint density at radius 2 is 2.19 bits per heavy atom. The minimum Gasteiger partial charge on any atom is -0.389 e. The summed E-state index contributed by atoms with van der Waals surface area (Å²) in [5.74, 6) is 2.62. The van der Waals surface area contributed by atoms with Crippen LogP contribution < -0.4 is 5.32 Å². The van der Waals surface area contributed by atoms with Crippen LogP contribution in [-0.4, -0.2) is 48.5 Å². The van der Waals surface area contributed by atoms with Gasteiger partial charge in [0, 0.05) is 18.3 Å². The third-order valence-electron chi connectivity index (χ3n) is 4.59. The first-order valence-corrected chi connectivity index (χ1v) is 9.53. The van der Waals surface area contributed by atoms with Crippen LogP contribution in [0.25, 0.3) is 0 Å². The Labute approximate surface area is 133 Å². The molecule has 4 atom stereocenters. The molecule has 1 aliphatic heterocycles. The van der Waals surface area contributed by atoms with E-state index >= 15 is 0 Å². The number of hydrogen-bond donors (Lipinski definition) is 2. The van der Waals surface area contributed by atoms with Gasteiger partial charge >= 0.3 is 0 Å². The first kappa shape index (κ1) is 17.3. The van der Waals surface area contributed by atoms with Gasteiger partial charge in [-0.25, -0.2) is 0 Å². The smallest absolute Gasteiger partial charge is 0.0897 e. The number of allylic oxidation sites excluding steroid dienone is 2. The molecule has 4 unspecified atom stereocenters. The van der Waals surface area contributed by atoms with E-state index in [1.165, 1.54) is 25.0 Å². The molecule has 0 aromatic rings. The van der Waals surface area contributed by atoms with Gasteiger partial charge in [0.1, 0.15) is 0 Å². The molecule has 21 heavy (non-hydrogen) atoms. The zero-order valence-electron chi connectivity index (χ0n) is 13.3. The van der Waals surface area contributed by atoms with Crippen molar-refractivity contribution in [2.24, 2.45) is 11.8 Å². The lowest BCUT2D eigenvalue weighted by Crippen LogP contribution is -2.35. The van der Waals surface area contributed by atoms with Crippen molar-refractivity contribution in [1.82, 2.24) is 5.32 Å². The Hall–Kier alpha value is -0.0300. The molecule has 3 nitrogen and oxygen atoms in total. The third-order valence-corrected chi connectivity index (χ3v) is 5.98. The molecular formula is C17H31NO2S. The fraction of sp³-hybridized carbons (Fsp3) is 0.882. The van der Waals surface area contributed by atoms with Crippen molar-refractivity contribution >= 4 is 11.8 Å². The first-order chi connectivity index (χ1) is 10.3. The molecule has 1 heterocycles. The molecule has 0 aromatic heterocycles. The second kappa shape index (κ2) is 9.88. The average Bonchev–Trinajstić information content (AvgIpc) is 2.50. The Bertz CT molecular complexity index is 305. The summed E-state index contributed by atoms with van der Waals surface area (Å²) in [5.41, 5.74) is 0. The normalized spacial score (nSPS) is 31.2. The number of rotatable bonds is 8. The number of ether oxygens (including phenoxy) is 1. The minimum absolute atomic E-state index is 0.381. The Kier molecular flexibility index (Phi) is 8.15. The van der Waals surface area contributed by atoms with Crippen LogP contribution in [0.15, 0.2) is 12.2 Å². The monoisotopic (exact) mass is 313 g/mol. The molecule has 2 N–H and O–H groups in total. The molecule has 0 aromatic carbocycles. The maximum atomic E-state index is 9.97. The van der Waals surface area contributed by atoms with Crippen molar-refractivity contribution in [3.63, 3.8) is 0 Å². The van der Waals surface area contributed by atoms with E-state index in [0.717, 1.165) is 31.2 Å². The van der Waals surface area contributed by atoms with Crippen LogP contribution >= 0.6 is 11.8 Å². The molecular weight excluding hydrogens is 282 g/mol. The highest BCUT2D eigenvalue weighted by Crippen LogP contribution is 2.25. The number of aliphatic hydroxyl groups excluding tert-OH is 1. The van der Waals surface area contributed by atoms with Crippen LogP contribution in [0, 0.1) is 11.8 Å². The molecule has 0 bridgehead atoms. The summed E-state index contributed by atoms with van der Waals surface area (Å²) in [4.78, 5) is 0. The second-order valence-corrected chi connectivity index (χ2v) is 7.93. The lowest BCUT2D eigenvalue weighted by Gasteiger charge is -2.25. The minimum atomic E-state index is -0.381. The highest BCUT2D eigenvalue weighted by molar-refractivity contribution is 7.99. The Morgan fingerprint density at radius 3 is 2.95 bits per heavy atom. The molecule has 1 aliphatic carbocycles. The largest absolute Gasteiger partial charge is 0.389 e. The van der Waals surface area contributed by atoms with Gasteiger partial charge in [0.15, 0.2) is 0 Å². The molecule has 0 radical (unpaired) electrons. The summed E-state index contributed by atoms with van der Waals surface area (Å²) >= 11 is 2.07. The maximum absolute atomic E-state index is 9.97. The first-order valence-electron chi connectivity index (χ1n) is 8.49. The fourth-order valence-corrected chi connectivity index (χ4v) is 4.31. The zero-order chi connectivity index (χ0) is 14.9. The molecule has 1 fully saturated rings. The van der Waals surface area contributed by atoms with E-state index in [0.29, 0.717) is 25.0 Å². The molecule has 2 rings (SSSR count). The lowest BCUT2D eigenvalue weighted by molar-refractivity contribution is 0.0129. The number of hydrogen-bond acceptors (Lipinski definition) is 4. The van der Waals surface area contributed by atoms with E-state index in [9.17, 15) is 5.11 Å². The lowest BCUT2D eigenvalue weighted by atomic mass is 9.85. The highest BCUT2D eigenvalue weighted by Gasteiger charge is 2.19. The summed E-state index contributed by atoms with van der Waals surface area (Å²) in [7, 11) is 0. The quantitative estimate of drug-likeness (QED) is 0.676. The van der Waals surface area contributed by atoms with Gasteiger partial charge in [-0.2, -0.15) is 11.8 Å². The fourth-order valence-electron chi connectivity index (χ4n) is 3.03. The number of aliphatic hydroxyl groups is 1. The van der Waals surface area contributed by atoms with Crippen molar-refractivity contribution < 1.29 is 9.84 Å². The van der Waals surface area contributed by atoms with Gasteiger partial charge in [0.05, 0.1) is 19.3 Å². The molecule has 4 heteroatoms. The Balaban J connectivity index is 1.49. The predicted octanol–water partition coefficient (Wildman–Crippen LogP) is 2.84. The Morgan fingerprint density at radius 1 is 1.33 bits per heavy atom. The highest BCUT2D eigenvalue weighted by atomic mass is 32.2. The maximum Gasteiger partial charge on any atom is 0.0897 e.